The van der Waals surface area contributed by atoms with Crippen LogP contribution in [-0.2, 0) is 14.3 Å². The molecule has 0 bridgehead atoms. The molecule has 0 saturated carbocycles. The molecule has 0 radical (unpaired) electrons. The molecule has 0 aromatic carbocycles. The lowest BCUT2D eigenvalue weighted by Crippen LogP contribution is -2.13. The highest BCUT2D eigenvalue weighted by atomic mass is 16.5. The third kappa shape index (κ3) is 17.0. The summed E-state index contributed by atoms with van der Waals surface area (Å²) in [5.41, 5.74) is 0. The van der Waals surface area contributed by atoms with Crippen LogP contribution < -0.4 is 0 Å². The Bertz CT molecular complexity index is 350. The zero-order valence-electron chi connectivity index (χ0n) is 15.6. The number of rotatable bonds is 16. The number of allylic oxidation sites excluding steroid dienone is 1. The number of hydrogen-bond acceptors (Lipinski definition) is 3. The molecule has 4 heteroatoms. The normalized spacial score (nSPS) is 12.4. The fraction of sp³-hybridized carbons (Fsp3) is 0.800. The second kappa shape index (κ2) is 16.5. The second-order valence-corrected chi connectivity index (χ2v) is 6.48. The van der Waals surface area contributed by atoms with E-state index >= 15 is 0 Å². The maximum Gasteiger partial charge on any atom is 0.303 e. The Kier molecular flexibility index (Phi) is 15.6. The zero-order chi connectivity index (χ0) is 18.0. The van der Waals surface area contributed by atoms with Gasteiger partial charge >= 0.3 is 11.9 Å². The van der Waals surface area contributed by atoms with E-state index in [0.29, 0.717) is 0 Å². The van der Waals surface area contributed by atoms with Crippen molar-refractivity contribution < 1.29 is 19.4 Å². The summed E-state index contributed by atoms with van der Waals surface area (Å²) in [6.07, 6.45) is 17.4. The van der Waals surface area contributed by atoms with Crippen LogP contribution in [0.5, 0.6) is 0 Å². The van der Waals surface area contributed by atoms with Gasteiger partial charge in [0, 0.05) is 13.3 Å². The summed E-state index contributed by atoms with van der Waals surface area (Å²) in [6.45, 7) is 3.68. The first-order valence-corrected chi connectivity index (χ1v) is 9.62. The molecule has 4 nitrogen and oxygen atoms in total. The van der Waals surface area contributed by atoms with Gasteiger partial charge < -0.3 is 9.84 Å². The SMILES string of the molecule is CCCCCCCC[C@H](/C=C/CCCCCCC(=O)O)OC(C)=O. The first-order valence-electron chi connectivity index (χ1n) is 9.62. The third-order valence-electron chi connectivity index (χ3n) is 4.02. The van der Waals surface area contributed by atoms with Crippen LogP contribution in [0.1, 0.15) is 97.3 Å². The standard InChI is InChI=1S/C20H36O4/c1-3-4-5-6-9-12-15-19(24-18(2)21)16-13-10-7-8-11-14-17-20(22)23/h13,16,19H,3-12,14-15,17H2,1-2H3,(H,22,23)/b16-13+/t19-/m1/s1. The first kappa shape index (κ1) is 22.7. The molecule has 0 aromatic rings. The number of carboxylic acid groups (broad SMARTS) is 1. The average Bonchev–Trinajstić information content (AvgIpc) is 2.52. The molecule has 24 heavy (non-hydrogen) atoms. The number of carbonyl (C=O) groups excluding carboxylic acids is 1. The molecule has 0 aliphatic heterocycles. The molecule has 0 aliphatic carbocycles. The minimum atomic E-state index is -0.714. The van der Waals surface area contributed by atoms with Gasteiger partial charge in [-0.1, -0.05) is 57.9 Å². The van der Waals surface area contributed by atoms with Crippen molar-refractivity contribution in [1.82, 2.24) is 0 Å². The van der Waals surface area contributed by atoms with Crippen molar-refractivity contribution in [2.75, 3.05) is 0 Å². The van der Waals surface area contributed by atoms with E-state index in [-0.39, 0.29) is 18.5 Å². The number of unbranched alkanes of at least 4 members (excludes halogenated alkanes) is 9. The van der Waals surface area contributed by atoms with E-state index < -0.39 is 5.97 Å². The van der Waals surface area contributed by atoms with Crippen LogP contribution in [0, 0.1) is 0 Å². The van der Waals surface area contributed by atoms with E-state index in [1.165, 1.54) is 39.0 Å². The molecule has 1 N–H and O–H groups in total. The molecule has 0 aromatic heterocycles. The van der Waals surface area contributed by atoms with Gasteiger partial charge in [-0.15, -0.1) is 0 Å². The lowest BCUT2D eigenvalue weighted by atomic mass is 10.1. The van der Waals surface area contributed by atoms with Crippen LogP contribution >= 0.6 is 0 Å². The molecule has 0 heterocycles. The Balaban J connectivity index is 3.79. The lowest BCUT2D eigenvalue weighted by molar-refractivity contribution is -0.144. The van der Waals surface area contributed by atoms with Crippen LogP contribution in [0.15, 0.2) is 12.2 Å². The van der Waals surface area contributed by atoms with E-state index in [2.05, 4.69) is 13.0 Å². The maximum absolute atomic E-state index is 11.2. The highest BCUT2D eigenvalue weighted by Crippen LogP contribution is 2.13. The molecular weight excluding hydrogens is 304 g/mol. The topological polar surface area (TPSA) is 63.6 Å². The van der Waals surface area contributed by atoms with E-state index in [9.17, 15) is 9.59 Å². The van der Waals surface area contributed by atoms with Crippen molar-refractivity contribution >= 4 is 11.9 Å². The Hall–Kier alpha value is -1.32. The van der Waals surface area contributed by atoms with E-state index in [1.807, 2.05) is 6.08 Å². The summed E-state index contributed by atoms with van der Waals surface area (Å²) in [4.78, 5) is 21.6. The number of hydrogen-bond donors (Lipinski definition) is 1. The van der Waals surface area contributed by atoms with Gasteiger partial charge in [0.1, 0.15) is 6.10 Å². The highest BCUT2D eigenvalue weighted by Gasteiger charge is 2.07. The van der Waals surface area contributed by atoms with Crippen LogP contribution in [0.25, 0.3) is 0 Å². The van der Waals surface area contributed by atoms with Crippen LogP contribution in [0.3, 0.4) is 0 Å². The van der Waals surface area contributed by atoms with Crippen molar-refractivity contribution in [2.24, 2.45) is 0 Å². The third-order valence-corrected chi connectivity index (χ3v) is 4.02. The van der Waals surface area contributed by atoms with Gasteiger partial charge in [0.2, 0.25) is 0 Å². The minimum absolute atomic E-state index is 0.0966. The van der Waals surface area contributed by atoms with Crippen molar-refractivity contribution in [1.29, 1.82) is 0 Å². The van der Waals surface area contributed by atoms with Crippen LogP contribution in [0.2, 0.25) is 0 Å². The van der Waals surface area contributed by atoms with Crippen molar-refractivity contribution in [2.45, 2.75) is 103 Å². The summed E-state index contributed by atoms with van der Waals surface area (Å²) >= 11 is 0. The quantitative estimate of drug-likeness (QED) is 0.224. The fourth-order valence-electron chi connectivity index (χ4n) is 2.67. The predicted octanol–water partition coefficient (Wildman–Crippen LogP) is 5.65. The fourth-order valence-corrected chi connectivity index (χ4v) is 2.67. The highest BCUT2D eigenvalue weighted by molar-refractivity contribution is 5.66. The predicted molar refractivity (Wildman–Crippen MR) is 98.0 cm³/mol. The number of carbonyl (C=O) groups is 2. The minimum Gasteiger partial charge on any atom is -0.481 e. The van der Waals surface area contributed by atoms with Crippen LogP contribution in [-0.4, -0.2) is 23.1 Å². The summed E-state index contributed by atoms with van der Waals surface area (Å²) in [7, 11) is 0. The van der Waals surface area contributed by atoms with Gasteiger partial charge in [-0.3, -0.25) is 9.59 Å². The van der Waals surface area contributed by atoms with Crippen molar-refractivity contribution in [3.8, 4) is 0 Å². The molecule has 0 rings (SSSR count). The van der Waals surface area contributed by atoms with Gasteiger partial charge in [0.25, 0.3) is 0 Å². The molecular formula is C20H36O4. The van der Waals surface area contributed by atoms with Crippen molar-refractivity contribution in [3.63, 3.8) is 0 Å². The summed E-state index contributed by atoms with van der Waals surface area (Å²) in [5.74, 6) is -0.932. The molecule has 1 atom stereocenters. The smallest absolute Gasteiger partial charge is 0.303 e. The summed E-state index contributed by atoms with van der Waals surface area (Å²) in [6, 6.07) is 0. The Morgan fingerprint density at radius 1 is 0.958 bits per heavy atom. The van der Waals surface area contributed by atoms with Gasteiger partial charge in [-0.25, -0.2) is 0 Å². The number of aliphatic carboxylic acids is 1. The molecule has 0 unspecified atom stereocenters. The van der Waals surface area contributed by atoms with E-state index in [4.69, 9.17) is 9.84 Å². The molecule has 0 saturated heterocycles. The van der Waals surface area contributed by atoms with E-state index in [0.717, 1.165) is 44.9 Å². The Morgan fingerprint density at radius 2 is 1.58 bits per heavy atom. The molecule has 0 aliphatic rings. The summed E-state index contributed by atoms with van der Waals surface area (Å²) < 4.78 is 5.36. The number of ether oxygens (including phenoxy) is 1. The first-order chi connectivity index (χ1) is 11.6. The maximum atomic E-state index is 11.2. The molecule has 0 fully saturated rings. The Morgan fingerprint density at radius 3 is 2.25 bits per heavy atom. The zero-order valence-corrected chi connectivity index (χ0v) is 15.6. The summed E-state index contributed by atoms with van der Waals surface area (Å²) in [5, 5.41) is 8.57. The molecule has 0 spiro atoms. The van der Waals surface area contributed by atoms with Crippen LogP contribution in [0.4, 0.5) is 0 Å². The van der Waals surface area contributed by atoms with E-state index in [1.54, 1.807) is 0 Å². The van der Waals surface area contributed by atoms with Gasteiger partial charge in [0.05, 0.1) is 0 Å². The largest absolute Gasteiger partial charge is 0.481 e. The van der Waals surface area contributed by atoms with Gasteiger partial charge in [-0.2, -0.15) is 0 Å². The van der Waals surface area contributed by atoms with Gasteiger partial charge in [0.15, 0.2) is 0 Å². The second-order valence-electron chi connectivity index (χ2n) is 6.48. The lowest BCUT2D eigenvalue weighted by Gasteiger charge is -2.13. The number of esters is 1. The average molecular weight is 341 g/mol. The van der Waals surface area contributed by atoms with Gasteiger partial charge in [-0.05, 0) is 38.2 Å². The monoisotopic (exact) mass is 340 g/mol. The number of carboxylic acids is 1. The Labute approximate surface area is 147 Å². The molecule has 0 amide bonds. The molecule has 140 valence electrons. The van der Waals surface area contributed by atoms with Crippen molar-refractivity contribution in [3.05, 3.63) is 12.2 Å².